The largest absolute Gasteiger partial charge is 0.491 e. The molecular weight excluding hydrogens is 400 g/mol. The minimum Gasteiger partial charge on any atom is -0.491 e. The van der Waals surface area contributed by atoms with Crippen molar-refractivity contribution in [3.05, 3.63) is 59.7 Å². The lowest BCUT2D eigenvalue weighted by Gasteiger charge is -2.46. The fraction of sp³-hybridized carbons (Fsp3) is 0.458. The number of Topliss-reactive ketones (excluding diaryl/α,β-unsaturated/α-hetero) is 1. The Hall–Kier alpha value is -2.08. The van der Waals surface area contributed by atoms with Crippen molar-refractivity contribution in [3.63, 3.8) is 0 Å². The molecule has 1 fully saturated rings. The Morgan fingerprint density at radius 2 is 1.93 bits per heavy atom. The van der Waals surface area contributed by atoms with E-state index in [2.05, 4.69) is 34.1 Å². The second kappa shape index (κ2) is 10.3. The third-order valence-electron chi connectivity index (χ3n) is 6.02. The lowest BCUT2D eigenvalue weighted by Crippen LogP contribution is -2.56. The van der Waals surface area contributed by atoms with Gasteiger partial charge in [0.15, 0.2) is 5.78 Å². The molecule has 2 unspecified atom stereocenters. The monoisotopic (exact) mass is 430 g/mol. The van der Waals surface area contributed by atoms with Gasteiger partial charge in [-0.25, -0.2) is 0 Å². The zero-order valence-electron chi connectivity index (χ0n) is 17.5. The van der Waals surface area contributed by atoms with E-state index in [1.54, 1.807) is 24.3 Å². The van der Waals surface area contributed by atoms with Gasteiger partial charge >= 0.3 is 0 Å². The Kier molecular flexibility index (Phi) is 7.75. The fourth-order valence-electron chi connectivity index (χ4n) is 4.46. The van der Waals surface area contributed by atoms with Gasteiger partial charge in [0.25, 0.3) is 0 Å². The molecule has 162 valence electrons. The first-order valence-electron chi connectivity index (χ1n) is 10.6. The van der Waals surface area contributed by atoms with E-state index < -0.39 is 6.10 Å². The third kappa shape index (κ3) is 5.15. The van der Waals surface area contributed by atoms with E-state index in [4.69, 9.17) is 4.74 Å². The van der Waals surface area contributed by atoms with Crippen molar-refractivity contribution < 1.29 is 14.6 Å². The van der Waals surface area contributed by atoms with Gasteiger partial charge in [0.2, 0.25) is 0 Å². The number of hydrogen-bond acceptors (Lipinski definition) is 5. The number of hydrogen-bond donors (Lipinski definition) is 1. The molecule has 0 aromatic heterocycles. The molecule has 2 aliphatic rings. The molecule has 5 nitrogen and oxygen atoms in total. The third-order valence-corrected chi connectivity index (χ3v) is 6.02. The predicted octanol–water partition coefficient (Wildman–Crippen LogP) is 3.58. The summed E-state index contributed by atoms with van der Waals surface area (Å²) in [5.41, 5.74) is 3.54. The number of benzene rings is 2. The molecule has 2 heterocycles. The Labute approximate surface area is 185 Å². The number of carbonyl (C=O) groups excluding carboxylic acids is 1. The zero-order chi connectivity index (χ0) is 20.2. The van der Waals surface area contributed by atoms with Crippen LogP contribution in [0.5, 0.6) is 5.75 Å². The summed E-state index contributed by atoms with van der Waals surface area (Å²) >= 11 is 0. The maximum absolute atomic E-state index is 11.7. The number of rotatable bonds is 7. The summed E-state index contributed by atoms with van der Waals surface area (Å²) in [7, 11) is 0. The zero-order valence-corrected chi connectivity index (χ0v) is 18.3. The number of fused-ring (bicyclic) bond motifs is 3. The number of aliphatic hydroxyl groups excluding tert-OH is 1. The van der Waals surface area contributed by atoms with Crippen molar-refractivity contribution in [3.8, 4) is 5.75 Å². The van der Waals surface area contributed by atoms with Crippen LogP contribution in [0.2, 0.25) is 0 Å². The summed E-state index contributed by atoms with van der Waals surface area (Å²) in [6.07, 6.45) is 2.27. The molecule has 4 rings (SSSR count). The quantitative estimate of drug-likeness (QED) is 0.680. The van der Waals surface area contributed by atoms with Gasteiger partial charge in [-0.2, -0.15) is 0 Å². The van der Waals surface area contributed by atoms with Crippen LogP contribution in [0.15, 0.2) is 48.5 Å². The van der Waals surface area contributed by atoms with Crippen LogP contribution < -0.4 is 9.64 Å². The Bertz CT molecular complexity index is 843. The van der Waals surface area contributed by atoms with Crippen molar-refractivity contribution in [1.29, 1.82) is 0 Å². The number of nitrogens with zero attached hydrogens (tertiary/aromatic N) is 2. The van der Waals surface area contributed by atoms with Crippen LogP contribution in [0.25, 0.3) is 0 Å². The molecule has 0 bridgehead atoms. The molecule has 0 aliphatic carbocycles. The van der Waals surface area contributed by atoms with Gasteiger partial charge in [-0.3, -0.25) is 9.69 Å². The SMILES string of the molecule is CCC(=O)c1ccc(OCC(O)CN2CCN3c4ccccc4CCC3C2)cc1.Cl. The van der Waals surface area contributed by atoms with E-state index in [0.29, 0.717) is 30.3 Å². The average Bonchev–Trinajstić information content (AvgIpc) is 2.77. The summed E-state index contributed by atoms with van der Waals surface area (Å²) in [6, 6.07) is 16.4. The van der Waals surface area contributed by atoms with Crippen LogP contribution in [0.1, 0.15) is 35.7 Å². The predicted molar refractivity (Wildman–Crippen MR) is 122 cm³/mol. The first-order valence-corrected chi connectivity index (χ1v) is 10.6. The maximum atomic E-state index is 11.7. The summed E-state index contributed by atoms with van der Waals surface area (Å²) < 4.78 is 5.73. The number of anilines is 1. The average molecular weight is 431 g/mol. The van der Waals surface area contributed by atoms with Crippen molar-refractivity contribution in [2.24, 2.45) is 0 Å². The van der Waals surface area contributed by atoms with E-state index >= 15 is 0 Å². The van der Waals surface area contributed by atoms with Gasteiger partial charge in [0.05, 0.1) is 0 Å². The van der Waals surface area contributed by atoms with Gasteiger partial charge < -0.3 is 14.7 Å². The normalized spacial score (nSPS) is 19.3. The summed E-state index contributed by atoms with van der Waals surface area (Å²) in [5.74, 6) is 0.812. The number of ether oxygens (including phenoxy) is 1. The molecule has 2 aromatic rings. The maximum Gasteiger partial charge on any atom is 0.162 e. The molecule has 30 heavy (non-hydrogen) atoms. The molecule has 2 aliphatic heterocycles. The van der Waals surface area contributed by atoms with E-state index in [9.17, 15) is 9.90 Å². The van der Waals surface area contributed by atoms with Crippen LogP contribution in [0.3, 0.4) is 0 Å². The highest BCUT2D eigenvalue weighted by Gasteiger charge is 2.31. The standard InChI is InChI=1S/C24H30N2O3.ClH/c1-2-24(28)19-8-11-22(12-9-19)29-17-21(27)16-25-13-14-26-20(15-25)10-7-18-5-3-4-6-23(18)26;/h3-6,8-9,11-12,20-21,27H,2,7,10,13-17H2,1H3;1H. The number of aliphatic hydroxyl groups is 1. The number of halogens is 1. The van der Waals surface area contributed by atoms with E-state index in [-0.39, 0.29) is 24.8 Å². The molecule has 6 heteroatoms. The number of carbonyl (C=O) groups is 1. The van der Waals surface area contributed by atoms with E-state index in [0.717, 1.165) is 26.1 Å². The first kappa shape index (κ1) is 22.6. The van der Waals surface area contributed by atoms with Crippen molar-refractivity contribution >= 4 is 23.9 Å². The van der Waals surface area contributed by atoms with Crippen LogP contribution >= 0.6 is 12.4 Å². The highest BCUT2D eigenvalue weighted by Crippen LogP contribution is 2.32. The first-order chi connectivity index (χ1) is 14.1. The van der Waals surface area contributed by atoms with E-state index in [1.165, 1.54) is 17.7 Å². The molecule has 0 amide bonds. The van der Waals surface area contributed by atoms with Gasteiger partial charge in [0.1, 0.15) is 18.5 Å². The van der Waals surface area contributed by atoms with Crippen LogP contribution in [0.4, 0.5) is 5.69 Å². The topological polar surface area (TPSA) is 53.0 Å². The van der Waals surface area contributed by atoms with Crippen molar-refractivity contribution in [1.82, 2.24) is 4.90 Å². The molecule has 0 radical (unpaired) electrons. The Balaban J connectivity index is 0.00000256. The molecule has 2 aromatic carbocycles. The highest BCUT2D eigenvalue weighted by atomic mass is 35.5. The number of β-amino-alcohol motifs (C(OH)–C–C–N with tert-alkyl or cyclic N) is 1. The summed E-state index contributed by atoms with van der Waals surface area (Å²) in [5, 5.41) is 10.5. The van der Waals surface area contributed by atoms with Crippen LogP contribution in [-0.4, -0.2) is 60.7 Å². The Morgan fingerprint density at radius 1 is 1.17 bits per heavy atom. The second-order valence-corrected chi connectivity index (χ2v) is 8.04. The van der Waals surface area contributed by atoms with Crippen LogP contribution in [0, 0.1) is 0 Å². The van der Waals surface area contributed by atoms with Crippen molar-refractivity contribution in [2.45, 2.75) is 38.3 Å². The molecule has 1 saturated heterocycles. The van der Waals surface area contributed by atoms with Gasteiger partial charge in [-0.15, -0.1) is 12.4 Å². The van der Waals surface area contributed by atoms with Gasteiger partial charge in [-0.1, -0.05) is 25.1 Å². The van der Waals surface area contributed by atoms with Gasteiger partial charge in [-0.05, 0) is 48.7 Å². The number of para-hydroxylation sites is 1. The Morgan fingerprint density at radius 3 is 2.70 bits per heavy atom. The molecule has 2 atom stereocenters. The number of aryl methyl sites for hydroxylation is 1. The highest BCUT2D eigenvalue weighted by molar-refractivity contribution is 5.95. The number of piperazine rings is 1. The lowest BCUT2D eigenvalue weighted by molar-refractivity contribution is 0.0605. The molecule has 0 saturated carbocycles. The fourth-order valence-corrected chi connectivity index (χ4v) is 4.46. The second-order valence-electron chi connectivity index (χ2n) is 8.04. The summed E-state index contributed by atoms with van der Waals surface area (Å²) in [4.78, 5) is 16.6. The molecule has 1 N–H and O–H groups in total. The molecule has 0 spiro atoms. The minimum atomic E-state index is -0.533. The van der Waals surface area contributed by atoms with Crippen molar-refractivity contribution in [2.75, 3.05) is 37.7 Å². The van der Waals surface area contributed by atoms with Crippen LogP contribution in [-0.2, 0) is 6.42 Å². The smallest absolute Gasteiger partial charge is 0.162 e. The van der Waals surface area contributed by atoms with E-state index in [1.807, 2.05) is 6.92 Å². The lowest BCUT2D eigenvalue weighted by atomic mass is 9.94. The van der Waals surface area contributed by atoms with Gasteiger partial charge in [0, 0.05) is 49.9 Å². The summed E-state index contributed by atoms with van der Waals surface area (Å²) in [6.45, 7) is 5.68. The molecular formula is C24H31ClN2O3. The minimum absolute atomic E-state index is 0. The number of ketones is 1.